The predicted octanol–water partition coefficient (Wildman–Crippen LogP) is 2.96. The van der Waals surface area contributed by atoms with E-state index in [1.807, 2.05) is 12.1 Å². The van der Waals surface area contributed by atoms with E-state index in [9.17, 15) is 0 Å². The second-order valence-corrected chi connectivity index (χ2v) is 6.39. The summed E-state index contributed by atoms with van der Waals surface area (Å²) < 4.78 is 5.23. The minimum atomic E-state index is 0.142. The van der Waals surface area contributed by atoms with Gasteiger partial charge in [0.2, 0.25) is 0 Å². The zero-order chi connectivity index (χ0) is 14.0. The molecule has 0 radical (unpaired) electrons. The summed E-state index contributed by atoms with van der Waals surface area (Å²) in [5, 5.41) is 0. The van der Waals surface area contributed by atoms with Gasteiger partial charge >= 0.3 is 0 Å². The van der Waals surface area contributed by atoms with Crippen molar-refractivity contribution in [3.05, 3.63) is 29.8 Å². The molecule has 3 nitrogen and oxygen atoms in total. The summed E-state index contributed by atoms with van der Waals surface area (Å²) in [5.41, 5.74) is 7.83. The molecular formula is C16H26N2O. The molecule has 19 heavy (non-hydrogen) atoms. The zero-order valence-electron chi connectivity index (χ0n) is 12.5. The lowest BCUT2D eigenvalue weighted by Gasteiger charge is -2.47. The summed E-state index contributed by atoms with van der Waals surface area (Å²) >= 11 is 0. The van der Waals surface area contributed by atoms with Crippen molar-refractivity contribution < 1.29 is 4.74 Å². The summed E-state index contributed by atoms with van der Waals surface area (Å²) in [6.45, 7) is 7.92. The summed E-state index contributed by atoms with van der Waals surface area (Å²) in [7, 11) is 1.70. The molecule has 1 fully saturated rings. The first-order chi connectivity index (χ1) is 8.93. The highest BCUT2D eigenvalue weighted by molar-refractivity contribution is 5.30. The molecule has 3 heteroatoms. The molecule has 0 spiro atoms. The molecule has 106 valence electrons. The standard InChI is InChI=1S/C16H26N2O/c1-16(2,3)18-11-5-6-14(17)15(18)12-7-9-13(19-4)10-8-12/h7-10,14-15H,5-6,11,17H2,1-4H3. The lowest BCUT2D eigenvalue weighted by molar-refractivity contribution is 0.0384. The number of ether oxygens (including phenoxy) is 1. The maximum absolute atomic E-state index is 6.40. The maximum Gasteiger partial charge on any atom is 0.118 e. The SMILES string of the molecule is COc1ccc(C2C(N)CCCN2C(C)(C)C)cc1. The number of hydrogen-bond donors (Lipinski definition) is 1. The smallest absolute Gasteiger partial charge is 0.118 e. The van der Waals surface area contributed by atoms with Gasteiger partial charge in [-0.05, 0) is 57.9 Å². The van der Waals surface area contributed by atoms with Crippen molar-refractivity contribution >= 4 is 0 Å². The Morgan fingerprint density at radius 1 is 1.21 bits per heavy atom. The van der Waals surface area contributed by atoms with E-state index in [2.05, 4.69) is 37.8 Å². The van der Waals surface area contributed by atoms with Crippen molar-refractivity contribution in [3.8, 4) is 5.75 Å². The Hall–Kier alpha value is -1.06. The number of methoxy groups -OCH3 is 1. The molecule has 0 amide bonds. The average molecular weight is 262 g/mol. The minimum Gasteiger partial charge on any atom is -0.497 e. The Balaban J connectivity index is 2.30. The fraction of sp³-hybridized carbons (Fsp3) is 0.625. The van der Waals surface area contributed by atoms with Crippen molar-refractivity contribution in [1.29, 1.82) is 0 Å². The molecule has 2 rings (SSSR count). The molecule has 2 N–H and O–H groups in total. The molecule has 1 saturated heterocycles. The van der Waals surface area contributed by atoms with Gasteiger partial charge < -0.3 is 10.5 Å². The number of benzene rings is 1. The monoisotopic (exact) mass is 262 g/mol. The van der Waals surface area contributed by atoms with Crippen LogP contribution in [0.15, 0.2) is 24.3 Å². The van der Waals surface area contributed by atoms with Gasteiger partial charge in [-0.1, -0.05) is 12.1 Å². The number of nitrogens with two attached hydrogens (primary N) is 1. The minimum absolute atomic E-state index is 0.142. The van der Waals surface area contributed by atoms with Crippen LogP contribution in [0.5, 0.6) is 5.75 Å². The van der Waals surface area contributed by atoms with Crippen molar-refractivity contribution in [3.63, 3.8) is 0 Å². The number of hydrogen-bond acceptors (Lipinski definition) is 3. The van der Waals surface area contributed by atoms with Crippen molar-refractivity contribution in [2.45, 2.75) is 51.2 Å². The largest absolute Gasteiger partial charge is 0.497 e. The molecule has 1 heterocycles. The Morgan fingerprint density at radius 3 is 2.37 bits per heavy atom. The number of rotatable bonds is 2. The van der Waals surface area contributed by atoms with Gasteiger partial charge in [0.15, 0.2) is 0 Å². The average Bonchev–Trinajstić information content (AvgIpc) is 2.37. The van der Waals surface area contributed by atoms with Gasteiger partial charge in [-0.15, -0.1) is 0 Å². The molecule has 0 aliphatic carbocycles. The molecule has 0 saturated carbocycles. The molecule has 2 atom stereocenters. The summed E-state index contributed by atoms with van der Waals surface area (Å²) in [6, 6.07) is 8.86. The Bertz CT molecular complexity index is 408. The number of likely N-dealkylation sites (tertiary alicyclic amines) is 1. The van der Waals surface area contributed by atoms with Gasteiger partial charge in [0.1, 0.15) is 5.75 Å². The summed E-state index contributed by atoms with van der Waals surface area (Å²) in [6.07, 6.45) is 2.29. The number of nitrogens with zero attached hydrogens (tertiary/aromatic N) is 1. The van der Waals surface area contributed by atoms with Gasteiger partial charge in [-0.2, -0.15) is 0 Å². The van der Waals surface area contributed by atoms with Crippen LogP contribution in [0.3, 0.4) is 0 Å². The van der Waals surface area contributed by atoms with Crippen LogP contribution >= 0.6 is 0 Å². The predicted molar refractivity (Wildman–Crippen MR) is 79.4 cm³/mol. The molecule has 2 unspecified atom stereocenters. The first-order valence-corrected chi connectivity index (χ1v) is 7.10. The van der Waals surface area contributed by atoms with Gasteiger partial charge in [0.25, 0.3) is 0 Å². The van der Waals surface area contributed by atoms with Gasteiger partial charge in [-0.25, -0.2) is 0 Å². The first-order valence-electron chi connectivity index (χ1n) is 7.10. The van der Waals surface area contributed by atoms with Crippen LogP contribution in [0.1, 0.15) is 45.2 Å². The van der Waals surface area contributed by atoms with Gasteiger partial charge in [0, 0.05) is 11.6 Å². The molecule has 1 aliphatic heterocycles. The van der Waals surface area contributed by atoms with Crippen LogP contribution in [0.4, 0.5) is 0 Å². The summed E-state index contributed by atoms with van der Waals surface area (Å²) in [4.78, 5) is 2.53. The zero-order valence-corrected chi connectivity index (χ0v) is 12.5. The second kappa shape index (κ2) is 5.51. The Morgan fingerprint density at radius 2 is 1.84 bits per heavy atom. The van der Waals surface area contributed by atoms with E-state index in [4.69, 9.17) is 10.5 Å². The van der Waals surface area contributed by atoms with Gasteiger partial charge in [-0.3, -0.25) is 4.90 Å². The topological polar surface area (TPSA) is 38.5 Å². The first kappa shape index (κ1) is 14.4. The van der Waals surface area contributed by atoms with Crippen LogP contribution in [0, 0.1) is 0 Å². The van der Waals surface area contributed by atoms with Gasteiger partial charge in [0.05, 0.1) is 13.2 Å². The van der Waals surface area contributed by atoms with Crippen LogP contribution in [0.25, 0.3) is 0 Å². The van der Waals surface area contributed by atoms with Crippen LogP contribution in [0.2, 0.25) is 0 Å². The lowest BCUT2D eigenvalue weighted by atomic mass is 9.87. The molecular weight excluding hydrogens is 236 g/mol. The fourth-order valence-electron chi connectivity index (χ4n) is 3.01. The van der Waals surface area contributed by atoms with Crippen LogP contribution in [-0.2, 0) is 0 Å². The normalized spacial score (nSPS) is 25.3. The van der Waals surface area contributed by atoms with E-state index in [0.717, 1.165) is 18.7 Å². The highest BCUT2D eigenvalue weighted by Crippen LogP contribution is 2.35. The highest BCUT2D eigenvalue weighted by atomic mass is 16.5. The van der Waals surface area contributed by atoms with E-state index < -0.39 is 0 Å². The molecule has 0 bridgehead atoms. The lowest BCUT2D eigenvalue weighted by Crippen LogP contribution is -2.53. The summed E-state index contributed by atoms with van der Waals surface area (Å²) in [5.74, 6) is 0.899. The molecule has 1 aliphatic rings. The van der Waals surface area contributed by atoms with E-state index in [1.54, 1.807) is 7.11 Å². The Kier molecular flexibility index (Phi) is 4.16. The van der Waals surface area contributed by atoms with Crippen LogP contribution < -0.4 is 10.5 Å². The third kappa shape index (κ3) is 3.10. The number of piperidine rings is 1. The Labute approximate surface area is 116 Å². The molecule has 1 aromatic rings. The third-order valence-electron chi connectivity index (χ3n) is 4.00. The van der Waals surface area contributed by atoms with Crippen molar-refractivity contribution in [2.24, 2.45) is 5.73 Å². The van der Waals surface area contributed by atoms with E-state index in [0.29, 0.717) is 6.04 Å². The molecule has 1 aromatic carbocycles. The highest BCUT2D eigenvalue weighted by Gasteiger charge is 2.36. The quantitative estimate of drug-likeness (QED) is 0.890. The molecule has 0 aromatic heterocycles. The van der Waals surface area contributed by atoms with Crippen molar-refractivity contribution in [2.75, 3.05) is 13.7 Å². The van der Waals surface area contributed by atoms with E-state index >= 15 is 0 Å². The van der Waals surface area contributed by atoms with Crippen LogP contribution in [-0.4, -0.2) is 30.1 Å². The second-order valence-electron chi connectivity index (χ2n) is 6.39. The third-order valence-corrected chi connectivity index (χ3v) is 4.00. The van der Waals surface area contributed by atoms with E-state index in [-0.39, 0.29) is 11.6 Å². The van der Waals surface area contributed by atoms with Crippen molar-refractivity contribution in [1.82, 2.24) is 4.90 Å². The fourth-order valence-corrected chi connectivity index (χ4v) is 3.01. The van der Waals surface area contributed by atoms with E-state index in [1.165, 1.54) is 12.0 Å². The maximum atomic E-state index is 6.40.